The van der Waals surface area contributed by atoms with Gasteiger partial charge in [-0.2, -0.15) is 4.31 Å². The Morgan fingerprint density at radius 1 is 1.09 bits per heavy atom. The van der Waals surface area contributed by atoms with E-state index in [9.17, 15) is 17.6 Å². The number of halogens is 1. The number of rotatable bonds is 7. The fourth-order valence-corrected chi connectivity index (χ4v) is 6.02. The summed E-state index contributed by atoms with van der Waals surface area (Å²) in [5.74, 6) is -0.429. The summed E-state index contributed by atoms with van der Waals surface area (Å²) in [6.45, 7) is 0.291. The van der Waals surface area contributed by atoms with Crippen LogP contribution in [0.4, 0.5) is 4.39 Å². The number of aryl methyl sites for hydroxylation is 1. The molecule has 1 aliphatic heterocycles. The van der Waals surface area contributed by atoms with Gasteiger partial charge in [-0.3, -0.25) is 9.78 Å². The van der Waals surface area contributed by atoms with E-state index in [1.807, 2.05) is 18.2 Å². The minimum absolute atomic E-state index is 0.114. The molecule has 1 atom stereocenters. The molecule has 2 aromatic carbocycles. The Labute approximate surface area is 197 Å². The highest BCUT2D eigenvalue weighted by atomic mass is 32.2. The largest absolute Gasteiger partial charge is 0.443 e. The lowest BCUT2D eigenvalue weighted by Gasteiger charge is -2.21. The summed E-state index contributed by atoms with van der Waals surface area (Å²) in [6, 6.07) is 17.7. The number of carbonyl (C=O) groups is 1. The Bertz CT molecular complexity index is 1410. The number of carbonyl (C=O) groups excluding carboxylic acids is 1. The van der Waals surface area contributed by atoms with E-state index in [2.05, 4.69) is 4.98 Å². The molecule has 5 rings (SSSR count). The van der Waals surface area contributed by atoms with E-state index in [1.165, 1.54) is 22.5 Å². The van der Waals surface area contributed by atoms with E-state index in [0.717, 1.165) is 11.1 Å². The molecule has 0 radical (unpaired) electrons. The topological polar surface area (TPSA) is 80.5 Å². The quantitative estimate of drug-likeness (QED) is 0.374. The molecule has 8 heteroatoms. The molecule has 34 heavy (non-hydrogen) atoms. The van der Waals surface area contributed by atoms with Crippen LogP contribution in [0.5, 0.6) is 0 Å². The molecule has 0 amide bonds. The second kappa shape index (κ2) is 9.12. The first-order chi connectivity index (χ1) is 16.4. The maximum Gasteiger partial charge on any atom is 0.277 e. The highest BCUT2D eigenvalue weighted by molar-refractivity contribution is 7.89. The first-order valence-electron chi connectivity index (χ1n) is 11.2. The van der Waals surface area contributed by atoms with Crippen molar-refractivity contribution in [3.8, 4) is 11.3 Å². The first-order valence-corrected chi connectivity index (χ1v) is 12.6. The number of pyridine rings is 1. The summed E-state index contributed by atoms with van der Waals surface area (Å²) < 4.78 is 46.6. The number of hydrogen-bond acceptors (Lipinski definition) is 5. The van der Waals surface area contributed by atoms with E-state index < -0.39 is 16.1 Å². The van der Waals surface area contributed by atoms with E-state index in [1.54, 1.807) is 36.5 Å². The lowest BCUT2D eigenvalue weighted by molar-refractivity contribution is -0.122. The smallest absolute Gasteiger partial charge is 0.277 e. The van der Waals surface area contributed by atoms with E-state index in [0.29, 0.717) is 42.5 Å². The van der Waals surface area contributed by atoms with Crippen LogP contribution < -0.4 is 0 Å². The van der Waals surface area contributed by atoms with Crippen molar-refractivity contribution in [3.63, 3.8) is 0 Å². The number of para-hydroxylation sites is 1. The number of aromatic nitrogens is 1. The predicted octanol–water partition coefficient (Wildman–Crippen LogP) is 4.99. The molecule has 2 aromatic heterocycles. The number of sulfonamides is 1. The van der Waals surface area contributed by atoms with Crippen molar-refractivity contribution in [2.75, 3.05) is 6.54 Å². The molecule has 1 saturated heterocycles. The third-order valence-corrected chi connectivity index (χ3v) is 7.93. The van der Waals surface area contributed by atoms with Crippen molar-refractivity contribution in [3.05, 3.63) is 84.3 Å². The van der Waals surface area contributed by atoms with Crippen LogP contribution in [-0.2, 0) is 21.2 Å². The third-order valence-electron chi connectivity index (χ3n) is 6.17. The molecule has 1 fully saturated rings. The van der Waals surface area contributed by atoms with Gasteiger partial charge in [0.25, 0.3) is 10.0 Å². The number of nitrogens with zero attached hydrogens (tertiary/aromatic N) is 2. The molecule has 3 heterocycles. The van der Waals surface area contributed by atoms with Gasteiger partial charge in [0, 0.05) is 36.2 Å². The Morgan fingerprint density at radius 2 is 1.88 bits per heavy atom. The molecule has 0 bridgehead atoms. The average Bonchev–Trinajstić information content (AvgIpc) is 3.51. The number of Topliss-reactive ketones (excluding diaryl/α,β-unsaturated/α-hetero) is 1. The van der Waals surface area contributed by atoms with Gasteiger partial charge in [-0.25, -0.2) is 12.8 Å². The predicted molar refractivity (Wildman–Crippen MR) is 126 cm³/mol. The van der Waals surface area contributed by atoms with Crippen LogP contribution in [0.1, 0.15) is 24.8 Å². The van der Waals surface area contributed by atoms with Gasteiger partial charge in [-0.05, 0) is 67.3 Å². The number of furan rings is 1. The monoisotopic (exact) mass is 478 g/mol. The van der Waals surface area contributed by atoms with Crippen molar-refractivity contribution in [2.45, 2.75) is 36.8 Å². The number of fused-ring (bicyclic) bond motifs is 1. The molecule has 0 spiro atoms. The Kier molecular flexibility index (Phi) is 6.02. The van der Waals surface area contributed by atoms with Gasteiger partial charge in [0.05, 0.1) is 11.7 Å². The highest BCUT2D eigenvalue weighted by Crippen LogP contribution is 2.31. The highest BCUT2D eigenvalue weighted by Gasteiger charge is 2.40. The average molecular weight is 479 g/mol. The molecule has 0 saturated carbocycles. The normalized spacial score (nSPS) is 16.8. The minimum atomic E-state index is -3.92. The van der Waals surface area contributed by atoms with Crippen LogP contribution in [-0.4, -0.2) is 36.1 Å². The van der Waals surface area contributed by atoms with Crippen molar-refractivity contribution >= 4 is 26.8 Å². The van der Waals surface area contributed by atoms with Gasteiger partial charge in [-0.1, -0.05) is 18.2 Å². The number of benzene rings is 2. The summed E-state index contributed by atoms with van der Waals surface area (Å²) >= 11 is 0. The maximum absolute atomic E-state index is 13.3. The molecule has 0 aliphatic carbocycles. The second-order valence-corrected chi connectivity index (χ2v) is 10.2. The van der Waals surface area contributed by atoms with Gasteiger partial charge in [0.15, 0.2) is 5.78 Å². The summed E-state index contributed by atoms with van der Waals surface area (Å²) in [5.41, 5.74) is 2.89. The lowest BCUT2D eigenvalue weighted by atomic mass is 10.0. The molecule has 0 N–H and O–H groups in total. The third kappa shape index (κ3) is 4.38. The lowest BCUT2D eigenvalue weighted by Crippen LogP contribution is -2.40. The molecule has 4 aromatic rings. The molecule has 0 unspecified atom stereocenters. The summed E-state index contributed by atoms with van der Waals surface area (Å²) in [5, 5.41) is 0.573. The van der Waals surface area contributed by atoms with Gasteiger partial charge >= 0.3 is 0 Å². The zero-order valence-corrected chi connectivity index (χ0v) is 19.2. The zero-order chi connectivity index (χ0) is 23.7. The zero-order valence-electron chi connectivity index (χ0n) is 18.4. The van der Waals surface area contributed by atoms with Crippen LogP contribution in [0.3, 0.4) is 0 Å². The molecular formula is C26H23FN2O4S. The summed E-state index contributed by atoms with van der Waals surface area (Å²) in [4.78, 5) is 17.4. The van der Waals surface area contributed by atoms with Crippen LogP contribution in [0, 0.1) is 5.82 Å². The van der Waals surface area contributed by atoms with E-state index in [-0.39, 0.29) is 23.1 Å². The van der Waals surface area contributed by atoms with Crippen LogP contribution in [0.2, 0.25) is 0 Å². The summed E-state index contributed by atoms with van der Waals surface area (Å²) in [7, 11) is -3.92. The van der Waals surface area contributed by atoms with Crippen molar-refractivity contribution in [1.29, 1.82) is 0 Å². The minimum Gasteiger partial charge on any atom is -0.443 e. The summed E-state index contributed by atoms with van der Waals surface area (Å²) in [6.07, 6.45) is 3.45. The standard InChI is InChI=1S/C26H23FN2O4S/c27-21-10-8-19(9-11-21)22-16-18(13-14-28-22)7-12-24(30)23-5-3-15-29(23)34(31,32)26-17-20-4-1-2-6-25(20)33-26/h1-2,4,6,8-11,13-14,16-17,23H,3,5,7,12,15H2/t23-/m0/s1. The van der Waals surface area contributed by atoms with Gasteiger partial charge in [-0.15, -0.1) is 0 Å². The SMILES string of the molecule is O=C(CCc1ccnc(-c2ccc(F)cc2)c1)[C@@H]1CCCN1S(=O)(=O)c1cc2ccccc2o1. The fraction of sp³-hybridized carbons (Fsp3) is 0.231. The van der Waals surface area contributed by atoms with Crippen molar-refractivity contribution < 1.29 is 22.0 Å². The van der Waals surface area contributed by atoms with E-state index in [4.69, 9.17) is 4.42 Å². The number of ketones is 1. The van der Waals surface area contributed by atoms with Crippen LogP contribution in [0.15, 0.2) is 82.4 Å². The van der Waals surface area contributed by atoms with Crippen LogP contribution >= 0.6 is 0 Å². The Morgan fingerprint density at radius 3 is 2.68 bits per heavy atom. The van der Waals surface area contributed by atoms with Crippen molar-refractivity contribution in [1.82, 2.24) is 9.29 Å². The van der Waals surface area contributed by atoms with Gasteiger partial charge < -0.3 is 4.42 Å². The Hall–Kier alpha value is -3.36. The second-order valence-electron chi connectivity index (χ2n) is 8.40. The van der Waals surface area contributed by atoms with E-state index >= 15 is 0 Å². The molecular weight excluding hydrogens is 455 g/mol. The van der Waals surface area contributed by atoms with Gasteiger partial charge in [0.2, 0.25) is 5.09 Å². The number of hydrogen-bond donors (Lipinski definition) is 0. The van der Waals surface area contributed by atoms with Crippen molar-refractivity contribution in [2.24, 2.45) is 0 Å². The van der Waals surface area contributed by atoms with Crippen LogP contribution in [0.25, 0.3) is 22.2 Å². The fourth-order valence-electron chi connectivity index (χ4n) is 4.39. The Balaban J connectivity index is 1.30. The maximum atomic E-state index is 13.3. The molecule has 174 valence electrons. The molecule has 1 aliphatic rings. The molecule has 6 nitrogen and oxygen atoms in total. The first kappa shape index (κ1) is 22.4. The van der Waals surface area contributed by atoms with Gasteiger partial charge in [0.1, 0.15) is 11.4 Å².